The van der Waals surface area contributed by atoms with Crippen molar-refractivity contribution in [1.82, 2.24) is 14.5 Å². The molecule has 23 heavy (non-hydrogen) atoms. The summed E-state index contributed by atoms with van der Waals surface area (Å²) in [5.41, 5.74) is 1.54. The molecular weight excluding hydrogens is 290 g/mol. The minimum absolute atomic E-state index is 0.102. The molecule has 5 heteroatoms. The van der Waals surface area contributed by atoms with Gasteiger partial charge in [0.2, 0.25) is 5.89 Å². The number of hydrogen-bond donors (Lipinski definition) is 0. The van der Waals surface area contributed by atoms with Crippen LogP contribution in [0.3, 0.4) is 0 Å². The highest BCUT2D eigenvalue weighted by atomic mass is 16.4. The number of nitrogens with zero attached hydrogens (tertiary/aromatic N) is 3. The normalized spacial score (nSPS) is 11.0. The average molecular weight is 303 g/mol. The van der Waals surface area contributed by atoms with Crippen LogP contribution in [0.15, 0.2) is 76.3 Å². The first kappa shape index (κ1) is 13.5. The topological polar surface area (TPSA) is 60.9 Å². The highest BCUT2D eigenvalue weighted by molar-refractivity contribution is 5.76. The summed E-state index contributed by atoms with van der Waals surface area (Å²) in [5.74, 6) is 1.16. The lowest BCUT2D eigenvalue weighted by Gasteiger charge is -2.03. The summed E-state index contributed by atoms with van der Waals surface area (Å²) >= 11 is 0. The second kappa shape index (κ2) is 5.53. The quantitative estimate of drug-likeness (QED) is 0.583. The number of oxazole rings is 1. The zero-order chi connectivity index (χ0) is 15.6. The van der Waals surface area contributed by atoms with Crippen molar-refractivity contribution in [1.29, 1.82) is 0 Å². The SMILES string of the molecule is O=c1c2ccccc2ncn1Cc1ncc(-c2ccccc2)o1. The third-order valence-electron chi connectivity index (χ3n) is 3.65. The summed E-state index contributed by atoms with van der Waals surface area (Å²) in [6.45, 7) is 0.253. The van der Waals surface area contributed by atoms with E-state index in [1.54, 1.807) is 12.3 Å². The molecule has 0 spiro atoms. The number of fused-ring (bicyclic) bond motifs is 1. The highest BCUT2D eigenvalue weighted by Crippen LogP contribution is 2.20. The largest absolute Gasteiger partial charge is 0.439 e. The molecule has 5 nitrogen and oxygen atoms in total. The first-order chi connectivity index (χ1) is 11.3. The first-order valence-electron chi connectivity index (χ1n) is 7.25. The Hall–Kier alpha value is -3.21. The fraction of sp³-hybridized carbons (Fsp3) is 0.0556. The smallest absolute Gasteiger partial charge is 0.261 e. The number of hydrogen-bond acceptors (Lipinski definition) is 4. The molecule has 0 unspecified atom stereocenters. The lowest BCUT2D eigenvalue weighted by atomic mass is 10.2. The lowest BCUT2D eigenvalue weighted by molar-refractivity contribution is 0.484. The molecule has 0 atom stereocenters. The minimum Gasteiger partial charge on any atom is -0.439 e. The van der Waals surface area contributed by atoms with Crippen LogP contribution in [0.4, 0.5) is 0 Å². The van der Waals surface area contributed by atoms with Crippen molar-refractivity contribution in [2.24, 2.45) is 0 Å². The highest BCUT2D eigenvalue weighted by Gasteiger charge is 2.09. The van der Waals surface area contributed by atoms with Crippen LogP contribution in [0.1, 0.15) is 5.89 Å². The van der Waals surface area contributed by atoms with Crippen LogP contribution in [0.5, 0.6) is 0 Å². The summed E-state index contributed by atoms with van der Waals surface area (Å²) in [4.78, 5) is 21.0. The van der Waals surface area contributed by atoms with Crippen molar-refractivity contribution in [2.75, 3.05) is 0 Å². The maximum absolute atomic E-state index is 12.5. The summed E-state index contributed by atoms with van der Waals surface area (Å²) in [7, 11) is 0. The van der Waals surface area contributed by atoms with E-state index < -0.39 is 0 Å². The van der Waals surface area contributed by atoms with E-state index in [9.17, 15) is 4.79 Å². The Morgan fingerprint density at radius 3 is 2.61 bits per heavy atom. The zero-order valence-electron chi connectivity index (χ0n) is 12.2. The molecule has 0 bridgehead atoms. The van der Waals surface area contributed by atoms with E-state index in [-0.39, 0.29) is 12.1 Å². The van der Waals surface area contributed by atoms with Gasteiger partial charge in [0.05, 0.1) is 23.4 Å². The van der Waals surface area contributed by atoms with Gasteiger partial charge in [-0.2, -0.15) is 0 Å². The van der Waals surface area contributed by atoms with Gasteiger partial charge in [-0.05, 0) is 12.1 Å². The van der Waals surface area contributed by atoms with E-state index in [0.717, 1.165) is 5.56 Å². The van der Waals surface area contributed by atoms with Crippen LogP contribution in [-0.2, 0) is 6.54 Å². The standard InChI is InChI=1S/C18H13N3O2/c22-18-14-8-4-5-9-15(14)20-12-21(18)11-17-19-10-16(23-17)13-6-2-1-3-7-13/h1-10,12H,11H2. The molecule has 0 aliphatic carbocycles. The molecule has 4 rings (SSSR count). The molecule has 2 aromatic heterocycles. The summed E-state index contributed by atoms with van der Waals surface area (Å²) in [5, 5.41) is 0.588. The van der Waals surface area contributed by atoms with Crippen LogP contribution in [-0.4, -0.2) is 14.5 Å². The van der Waals surface area contributed by atoms with Crippen LogP contribution >= 0.6 is 0 Å². The van der Waals surface area contributed by atoms with Gasteiger partial charge in [-0.3, -0.25) is 9.36 Å². The Morgan fingerprint density at radius 2 is 1.74 bits per heavy atom. The Morgan fingerprint density at radius 1 is 0.957 bits per heavy atom. The van der Waals surface area contributed by atoms with Gasteiger partial charge in [0.1, 0.15) is 6.54 Å². The molecule has 0 saturated heterocycles. The van der Waals surface area contributed by atoms with Gasteiger partial charge in [0.15, 0.2) is 5.76 Å². The van der Waals surface area contributed by atoms with Gasteiger partial charge in [-0.25, -0.2) is 9.97 Å². The fourth-order valence-electron chi connectivity index (χ4n) is 2.48. The average Bonchev–Trinajstić information content (AvgIpc) is 3.07. The molecule has 0 N–H and O–H groups in total. The summed E-state index contributed by atoms with van der Waals surface area (Å²) < 4.78 is 7.24. The zero-order valence-corrected chi connectivity index (χ0v) is 12.2. The van der Waals surface area contributed by atoms with Crippen molar-refractivity contribution in [3.8, 4) is 11.3 Å². The number of benzene rings is 2. The molecule has 0 fully saturated rings. The molecule has 0 radical (unpaired) electrons. The third kappa shape index (κ3) is 2.53. The van der Waals surface area contributed by atoms with E-state index >= 15 is 0 Å². The van der Waals surface area contributed by atoms with E-state index in [2.05, 4.69) is 9.97 Å². The first-order valence-corrected chi connectivity index (χ1v) is 7.25. The van der Waals surface area contributed by atoms with Crippen molar-refractivity contribution < 1.29 is 4.42 Å². The molecule has 0 aliphatic heterocycles. The summed E-state index contributed by atoms with van der Waals surface area (Å²) in [6, 6.07) is 17.0. The van der Waals surface area contributed by atoms with Gasteiger partial charge in [0, 0.05) is 5.56 Å². The second-order valence-electron chi connectivity index (χ2n) is 5.18. The van der Waals surface area contributed by atoms with Crippen LogP contribution in [0, 0.1) is 0 Å². The maximum atomic E-state index is 12.5. The molecule has 0 amide bonds. The minimum atomic E-state index is -0.102. The molecule has 112 valence electrons. The Bertz CT molecular complexity index is 1020. The van der Waals surface area contributed by atoms with Crippen molar-refractivity contribution in [3.63, 3.8) is 0 Å². The Balaban J connectivity index is 1.68. The molecule has 0 saturated carbocycles. The molecule has 4 aromatic rings. The van der Waals surface area contributed by atoms with E-state index in [1.165, 1.54) is 10.9 Å². The fourth-order valence-corrected chi connectivity index (χ4v) is 2.48. The van der Waals surface area contributed by atoms with Gasteiger partial charge >= 0.3 is 0 Å². The van der Waals surface area contributed by atoms with Crippen molar-refractivity contribution in [2.45, 2.75) is 6.54 Å². The Kier molecular flexibility index (Phi) is 3.24. The number of para-hydroxylation sites is 1. The van der Waals surface area contributed by atoms with Crippen molar-refractivity contribution >= 4 is 10.9 Å². The van der Waals surface area contributed by atoms with Crippen molar-refractivity contribution in [3.05, 3.63) is 83.4 Å². The predicted molar refractivity (Wildman–Crippen MR) is 87.0 cm³/mol. The molecule has 2 heterocycles. The molecule has 0 aliphatic rings. The van der Waals surface area contributed by atoms with E-state index in [0.29, 0.717) is 22.6 Å². The third-order valence-corrected chi connectivity index (χ3v) is 3.65. The maximum Gasteiger partial charge on any atom is 0.261 e. The van der Waals surface area contributed by atoms with Gasteiger partial charge < -0.3 is 4.42 Å². The van der Waals surface area contributed by atoms with Gasteiger partial charge in [-0.15, -0.1) is 0 Å². The van der Waals surface area contributed by atoms with Gasteiger partial charge in [0.25, 0.3) is 5.56 Å². The monoisotopic (exact) mass is 303 g/mol. The number of aromatic nitrogens is 3. The van der Waals surface area contributed by atoms with E-state index in [1.807, 2.05) is 48.5 Å². The van der Waals surface area contributed by atoms with Gasteiger partial charge in [-0.1, -0.05) is 42.5 Å². The van der Waals surface area contributed by atoms with E-state index in [4.69, 9.17) is 4.42 Å². The second-order valence-corrected chi connectivity index (χ2v) is 5.18. The summed E-state index contributed by atoms with van der Waals surface area (Å²) in [6.07, 6.45) is 3.20. The van der Waals surface area contributed by atoms with Crippen LogP contribution in [0.25, 0.3) is 22.2 Å². The van der Waals surface area contributed by atoms with Crippen LogP contribution in [0.2, 0.25) is 0 Å². The van der Waals surface area contributed by atoms with Crippen LogP contribution < -0.4 is 5.56 Å². The molecule has 2 aromatic carbocycles. The lowest BCUT2D eigenvalue weighted by Crippen LogP contribution is -2.21. The Labute approximate surface area is 131 Å². The predicted octanol–water partition coefficient (Wildman–Crippen LogP) is 3.10. The molecular formula is C18H13N3O2. The number of rotatable bonds is 3.